The molecule has 0 fully saturated rings. The zero-order chi connectivity index (χ0) is 15.5. The van der Waals surface area contributed by atoms with Crippen LogP contribution in [0.3, 0.4) is 0 Å². The lowest BCUT2D eigenvalue weighted by atomic mass is 9.83. The number of furan rings is 1. The summed E-state index contributed by atoms with van der Waals surface area (Å²) in [6.07, 6.45) is 0. The van der Waals surface area contributed by atoms with Crippen molar-refractivity contribution in [2.45, 2.75) is 33.1 Å². The van der Waals surface area contributed by atoms with Crippen molar-refractivity contribution in [3.8, 4) is 0 Å². The highest BCUT2D eigenvalue weighted by Crippen LogP contribution is 2.38. The summed E-state index contributed by atoms with van der Waals surface area (Å²) in [7, 11) is 0. The highest BCUT2D eigenvalue weighted by molar-refractivity contribution is 6.15. The Labute approximate surface area is 130 Å². The monoisotopic (exact) mass is 288 g/mol. The highest BCUT2D eigenvalue weighted by atomic mass is 16.3. The molecule has 0 radical (unpaired) electrons. The first kappa shape index (κ1) is 13.4. The minimum Gasteiger partial charge on any atom is -0.455 e. The molecule has 1 aromatic heterocycles. The zero-order valence-electron chi connectivity index (χ0n) is 13.5. The standard InChI is InChI=1S/C21H20O/c1-13-18(21(2,3)4)12-11-16-17-10-9-14-7-5-6-8-15(14)20(17)22-19(13)16/h5-12H,1-4H3. The fourth-order valence-corrected chi connectivity index (χ4v) is 3.51. The summed E-state index contributed by atoms with van der Waals surface area (Å²) < 4.78 is 6.33. The fraction of sp³-hybridized carbons (Fsp3) is 0.238. The Morgan fingerprint density at radius 1 is 0.727 bits per heavy atom. The van der Waals surface area contributed by atoms with E-state index in [0.717, 1.165) is 11.2 Å². The third-order valence-electron chi connectivity index (χ3n) is 4.59. The number of rotatable bonds is 0. The predicted molar refractivity (Wildman–Crippen MR) is 94.7 cm³/mol. The smallest absolute Gasteiger partial charge is 0.143 e. The van der Waals surface area contributed by atoms with E-state index in [1.807, 2.05) is 0 Å². The maximum atomic E-state index is 6.33. The first-order valence-corrected chi connectivity index (χ1v) is 7.81. The summed E-state index contributed by atoms with van der Waals surface area (Å²) in [6, 6.07) is 17.2. The van der Waals surface area contributed by atoms with Crippen molar-refractivity contribution in [2.24, 2.45) is 0 Å². The molecule has 110 valence electrons. The van der Waals surface area contributed by atoms with Crippen LogP contribution in [0.25, 0.3) is 32.7 Å². The van der Waals surface area contributed by atoms with Crippen LogP contribution in [0.15, 0.2) is 52.9 Å². The first-order chi connectivity index (χ1) is 10.5. The topological polar surface area (TPSA) is 13.1 Å². The normalized spacial score (nSPS) is 12.5. The maximum Gasteiger partial charge on any atom is 0.143 e. The van der Waals surface area contributed by atoms with Crippen molar-refractivity contribution >= 4 is 32.7 Å². The van der Waals surface area contributed by atoms with E-state index >= 15 is 0 Å². The molecule has 3 aromatic carbocycles. The molecule has 0 unspecified atom stereocenters. The van der Waals surface area contributed by atoms with Crippen molar-refractivity contribution in [1.29, 1.82) is 0 Å². The largest absolute Gasteiger partial charge is 0.455 e. The molecule has 0 aliphatic rings. The van der Waals surface area contributed by atoms with E-state index in [0.29, 0.717) is 0 Å². The van der Waals surface area contributed by atoms with Gasteiger partial charge in [0.1, 0.15) is 11.2 Å². The van der Waals surface area contributed by atoms with E-state index in [4.69, 9.17) is 4.42 Å². The van der Waals surface area contributed by atoms with Gasteiger partial charge in [-0.2, -0.15) is 0 Å². The van der Waals surface area contributed by atoms with Gasteiger partial charge in [0.2, 0.25) is 0 Å². The molecular formula is C21H20O. The Balaban J connectivity index is 2.17. The molecule has 0 N–H and O–H groups in total. The Kier molecular flexibility index (Phi) is 2.65. The van der Waals surface area contributed by atoms with Crippen LogP contribution in [0.5, 0.6) is 0 Å². The van der Waals surface area contributed by atoms with Crippen molar-refractivity contribution in [1.82, 2.24) is 0 Å². The van der Waals surface area contributed by atoms with Crippen LogP contribution in [-0.2, 0) is 5.41 Å². The molecule has 1 heterocycles. The van der Waals surface area contributed by atoms with E-state index in [1.165, 1.54) is 32.7 Å². The fourth-order valence-electron chi connectivity index (χ4n) is 3.51. The van der Waals surface area contributed by atoms with E-state index in [-0.39, 0.29) is 5.41 Å². The Morgan fingerprint density at radius 2 is 1.41 bits per heavy atom. The second-order valence-corrected chi connectivity index (χ2v) is 7.13. The lowest BCUT2D eigenvalue weighted by Crippen LogP contribution is -2.12. The molecule has 0 bridgehead atoms. The highest BCUT2D eigenvalue weighted by Gasteiger charge is 2.20. The summed E-state index contributed by atoms with van der Waals surface area (Å²) in [5, 5.41) is 4.83. The van der Waals surface area contributed by atoms with Gasteiger partial charge in [-0.25, -0.2) is 0 Å². The predicted octanol–water partition coefficient (Wildman–Crippen LogP) is 6.35. The summed E-state index contributed by atoms with van der Waals surface area (Å²) >= 11 is 0. The molecular weight excluding hydrogens is 268 g/mol. The van der Waals surface area contributed by atoms with E-state index < -0.39 is 0 Å². The van der Waals surface area contributed by atoms with Gasteiger partial charge in [0.25, 0.3) is 0 Å². The van der Waals surface area contributed by atoms with Gasteiger partial charge in [0.15, 0.2) is 0 Å². The molecule has 1 nitrogen and oxygen atoms in total. The molecule has 0 atom stereocenters. The van der Waals surface area contributed by atoms with Gasteiger partial charge in [-0.05, 0) is 34.9 Å². The van der Waals surface area contributed by atoms with E-state index in [9.17, 15) is 0 Å². The van der Waals surface area contributed by atoms with Crippen LogP contribution in [0, 0.1) is 6.92 Å². The molecule has 4 rings (SSSR count). The third-order valence-corrected chi connectivity index (χ3v) is 4.59. The molecule has 0 amide bonds. The van der Waals surface area contributed by atoms with Crippen molar-refractivity contribution < 1.29 is 4.42 Å². The average molecular weight is 288 g/mol. The molecule has 0 spiro atoms. The lowest BCUT2D eigenvalue weighted by molar-refractivity contribution is 0.583. The first-order valence-electron chi connectivity index (χ1n) is 7.81. The zero-order valence-corrected chi connectivity index (χ0v) is 13.5. The third kappa shape index (κ3) is 1.78. The maximum absolute atomic E-state index is 6.33. The number of hydrogen-bond acceptors (Lipinski definition) is 1. The summed E-state index contributed by atoms with van der Waals surface area (Å²) in [6.45, 7) is 8.92. The van der Waals surface area contributed by atoms with Gasteiger partial charge < -0.3 is 4.42 Å². The van der Waals surface area contributed by atoms with Crippen LogP contribution in [0.4, 0.5) is 0 Å². The van der Waals surface area contributed by atoms with E-state index in [2.05, 4.69) is 76.2 Å². The van der Waals surface area contributed by atoms with Gasteiger partial charge in [-0.1, -0.05) is 63.2 Å². The Morgan fingerprint density at radius 3 is 2.18 bits per heavy atom. The van der Waals surface area contributed by atoms with Crippen molar-refractivity contribution in [3.05, 3.63) is 59.7 Å². The molecule has 4 aromatic rings. The molecule has 0 aliphatic heterocycles. The average Bonchev–Trinajstić information content (AvgIpc) is 2.86. The summed E-state index contributed by atoms with van der Waals surface area (Å²) in [5.74, 6) is 0. The van der Waals surface area contributed by atoms with Gasteiger partial charge in [0.05, 0.1) is 0 Å². The molecule has 0 saturated heterocycles. The molecule has 1 heteroatoms. The Hall–Kier alpha value is -2.28. The molecule has 22 heavy (non-hydrogen) atoms. The van der Waals surface area contributed by atoms with Gasteiger partial charge in [-0.3, -0.25) is 0 Å². The number of fused-ring (bicyclic) bond motifs is 5. The summed E-state index contributed by atoms with van der Waals surface area (Å²) in [4.78, 5) is 0. The molecule has 0 aliphatic carbocycles. The van der Waals surface area contributed by atoms with Crippen LogP contribution in [0.1, 0.15) is 31.9 Å². The quantitative estimate of drug-likeness (QED) is 0.367. The minimum absolute atomic E-state index is 0.124. The van der Waals surface area contributed by atoms with Crippen LogP contribution in [-0.4, -0.2) is 0 Å². The second kappa shape index (κ2) is 4.36. The van der Waals surface area contributed by atoms with Crippen LogP contribution >= 0.6 is 0 Å². The van der Waals surface area contributed by atoms with Gasteiger partial charge >= 0.3 is 0 Å². The summed E-state index contributed by atoms with van der Waals surface area (Å²) in [5.41, 5.74) is 4.76. The van der Waals surface area contributed by atoms with Crippen molar-refractivity contribution in [3.63, 3.8) is 0 Å². The minimum atomic E-state index is 0.124. The number of benzene rings is 3. The lowest BCUT2D eigenvalue weighted by Gasteiger charge is -2.21. The molecule has 0 saturated carbocycles. The Bertz CT molecular complexity index is 1010. The number of hydrogen-bond donors (Lipinski definition) is 0. The van der Waals surface area contributed by atoms with E-state index in [1.54, 1.807) is 0 Å². The number of aryl methyl sites for hydroxylation is 1. The second-order valence-electron chi connectivity index (χ2n) is 7.13. The van der Waals surface area contributed by atoms with Gasteiger partial charge in [-0.15, -0.1) is 0 Å². The van der Waals surface area contributed by atoms with Crippen molar-refractivity contribution in [2.75, 3.05) is 0 Å². The van der Waals surface area contributed by atoms with Crippen LogP contribution < -0.4 is 0 Å². The van der Waals surface area contributed by atoms with Gasteiger partial charge in [0, 0.05) is 16.2 Å². The SMILES string of the molecule is Cc1c(C(C)(C)C)ccc2c1oc1c3ccccc3ccc21. The van der Waals surface area contributed by atoms with Crippen LogP contribution in [0.2, 0.25) is 0 Å².